The predicted molar refractivity (Wildman–Crippen MR) is 73.2 cm³/mol. The molecule has 1 aromatic carbocycles. The summed E-state index contributed by atoms with van der Waals surface area (Å²) < 4.78 is 0. The van der Waals surface area contributed by atoms with E-state index >= 15 is 0 Å². The van der Waals surface area contributed by atoms with E-state index in [1.807, 2.05) is 13.0 Å². The van der Waals surface area contributed by atoms with Gasteiger partial charge in [-0.15, -0.1) is 0 Å². The number of nitrogens with one attached hydrogen (secondary N) is 2. The largest absolute Gasteiger partial charge is 0.379 e. The molecule has 1 heterocycles. The van der Waals surface area contributed by atoms with Crippen LogP contribution in [-0.2, 0) is 6.42 Å². The Morgan fingerprint density at radius 2 is 2.32 bits per heavy atom. The van der Waals surface area contributed by atoms with Crippen molar-refractivity contribution in [3.63, 3.8) is 0 Å². The fourth-order valence-corrected chi connectivity index (χ4v) is 1.94. The van der Waals surface area contributed by atoms with Crippen LogP contribution in [0, 0.1) is 17.0 Å². The maximum atomic E-state index is 10.9. The van der Waals surface area contributed by atoms with Gasteiger partial charge in [-0.05, 0) is 18.9 Å². The van der Waals surface area contributed by atoms with Crippen molar-refractivity contribution < 1.29 is 4.92 Å². The van der Waals surface area contributed by atoms with Crippen molar-refractivity contribution in [1.29, 1.82) is 0 Å². The van der Waals surface area contributed by atoms with Crippen LogP contribution in [0.5, 0.6) is 0 Å². The predicted octanol–water partition coefficient (Wildman–Crippen LogP) is 2.67. The van der Waals surface area contributed by atoms with Gasteiger partial charge in [-0.3, -0.25) is 10.1 Å². The third kappa shape index (κ3) is 3.31. The van der Waals surface area contributed by atoms with Crippen LogP contribution >= 0.6 is 0 Å². The summed E-state index contributed by atoms with van der Waals surface area (Å²) >= 11 is 0. The number of imidazole rings is 1. The summed E-state index contributed by atoms with van der Waals surface area (Å²) in [6.45, 7) is 2.54. The molecule has 6 heteroatoms. The number of aromatic nitrogens is 2. The number of para-hydroxylation sites is 1. The van der Waals surface area contributed by atoms with E-state index in [0.717, 1.165) is 24.2 Å². The number of aryl methyl sites for hydroxylation is 2. The number of rotatable bonds is 6. The van der Waals surface area contributed by atoms with Crippen LogP contribution in [0.25, 0.3) is 0 Å². The van der Waals surface area contributed by atoms with Gasteiger partial charge >= 0.3 is 0 Å². The molecule has 0 unspecified atom stereocenters. The van der Waals surface area contributed by atoms with E-state index in [0.29, 0.717) is 12.2 Å². The summed E-state index contributed by atoms with van der Waals surface area (Å²) in [5.74, 6) is 0.932. The van der Waals surface area contributed by atoms with Gasteiger partial charge in [0.1, 0.15) is 11.5 Å². The first-order chi connectivity index (χ1) is 9.18. The second-order valence-corrected chi connectivity index (χ2v) is 4.29. The normalized spacial score (nSPS) is 10.4. The Morgan fingerprint density at radius 1 is 1.47 bits per heavy atom. The molecule has 0 fully saturated rings. The summed E-state index contributed by atoms with van der Waals surface area (Å²) in [5.41, 5.74) is 1.61. The van der Waals surface area contributed by atoms with Crippen molar-refractivity contribution in [2.45, 2.75) is 19.8 Å². The summed E-state index contributed by atoms with van der Waals surface area (Å²) in [4.78, 5) is 17.7. The Bertz CT molecular complexity index is 552. The molecule has 2 aromatic rings. The van der Waals surface area contributed by atoms with Gasteiger partial charge in [0.2, 0.25) is 0 Å². The zero-order valence-electron chi connectivity index (χ0n) is 10.7. The van der Waals surface area contributed by atoms with Crippen molar-refractivity contribution >= 4 is 11.4 Å². The van der Waals surface area contributed by atoms with Gasteiger partial charge in [0.05, 0.1) is 4.92 Å². The first kappa shape index (κ1) is 13.1. The Balaban J connectivity index is 1.93. The van der Waals surface area contributed by atoms with Gasteiger partial charge in [0.25, 0.3) is 5.69 Å². The SMILES string of the molecule is Cc1cccc([N+](=O)[O-])c1NCCCc1ncc[nH]1. The van der Waals surface area contributed by atoms with Gasteiger partial charge in [-0.25, -0.2) is 4.98 Å². The molecular formula is C13H16N4O2. The number of nitro benzene ring substituents is 1. The van der Waals surface area contributed by atoms with E-state index in [4.69, 9.17) is 0 Å². The first-order valence-electron chi connectivity index (χ1n) is 6.14. The monoisotopic (exact) mass is 260 g/mol. The molecule has 0 amide bonds. The van der Waals surface area contributed by atoms with Crippen LogP contribution in [0.1, 0.15) is 17.8 Å². The number of benzene rings is 1. The fourth-order valence-electron chi connectivity index (χ4n) is 1.94. The quantitative estimate of drug-likeness (QED) is 0.475. The maximum Gasteiger partial charge on any atom is 0.292 e. The molecule has 0 aliphatic carbocycles. The smallest absolute Gasteiger partial charge is 0.292 e. The van der Waals surface area contributed by atoms with E-state index < -0.39 is 0 Å². The van der Waals surface area contributed by atoms with Crippen molar-refractivity contribution in [3.8, 4) is 0 Å². The lowest BCUT2D eigenvalue weighted by Crippen LogP contribution is -2.07. The second-order valence-electron chi connectivity index (χ2n) is 4.29. The van der Waals surface area contributed by atoms with E-state index in [1.54, 1.807) is 18.5 Å². The first-order valence-corrected chi connectivity index (χ1v) is 6.14. The fraction of sp³-hybridized carbons (Fsp3) is 0.308. The molecule has 0 bridgehead atoms. The average molecular weight is 260 g/mol. The van der Waals surface area contributed by atoms with Crippen LogP contribution in [0.15, 0.2) is 30.6 Å². The lowest BCUT2D eigenvalue weighted by atomic mass is 10.1. The maximum absolute atomic E-state index is 10.9. The zero-order valence-corrected chi connectivity index (χ0v) is 10.7. The minimum Gasteiger partial charge on any atom is -0.379 e. The van der Waals surface area contributed by atoms with E-state index in [-0.39, 0.29) is 10.6 Å². The minimum absolute atomic E-state index is 0.123. The summed E-state index contributed by atoms with van der Waals surface area (Å²) in [6.07, 6.45) is 5.18. The van der Waals surface area contributed by atoms with Crippen molar-refractivity contribution in [1.82, 2.24) is 9.97 Å². The molecular weight excluding hydrogens is 244 g/mol. The highest BCUT2D eigenvalue weighted by Gasteiger charge is 2.14. The molecule has 100 valence electrons. The number of H-pyrrole nitrogens is 1. The van der Waals surface area contributed by atoms with Crippen LogP contribution in [0.3, 0.4) is 0 Å². The molecule has 2 rings (SSSR count). The van der Waals surface area contributed by atoms with E-state index in [1.165, 1.54) is 6.07 Å². The summed E-state index contributed by atoms with van der Waals surface area (Å²) in [6, 6.07) is 5.07. The Hall–Kier alpha value is -2.37. The number of nitrogens with zero attached hydrogens (tertiary/aromatic N) is 2. The molecule has 0 saturated carbocycles. The van der Waals surface area contributed by atoms with Crippen LogP contribution in [-0.4, -0.2) is 21.4 Å². The zero-order chi connectivity index (χ0) is 13.7. The van der Waals surface area contributed by atoms with Crippen LogP contribution in [0.2, 0.25) is 0 Å². The molecule has 0 aliphatic rings. The molecule has 0 radical (unpaired) electrons. The van der Waals surface area contributed by atoms with Crippen LogP contribution < -0.4 is 5.32 Å². The van der Waals surface area contributed by atoms with Crippen molar-refractivity contribution in [2.75, 3.05) is 11.9 Å². The molecule has 19 heavy (non-hydrogen) atoms. The van der Waals surface area contributed by atoms with E-state index in [2.05, 4.69) is 15.3 Å². The van der Waals surface area contributed by atoms with Gasteiger partial charge in [-0.1, -0.05) is 12.1 Å². The topological polar surface area (TPSA) is 83.8 Å². The number of hydrogen-bond acceptors (Lipinski definition) is 4. The molecule has 0 saturated heterocycles. The molecule has 0 spiro atoms. The van der Waals surface area contributed by atoms with Crippen molar-refractivity contribution in [3.05, 3.63) is 52.1 Å². The van der Waals surface area contributed by atoms with Gasteiger partial charge in [-0.2, -0.15) is 0 Å². The minimum atomic E-state index is -0.359. The number of anilines is 1. The number of hydrogen-bond donors (Lipinski definition) is 2. The van der Waals surface area contributed by atoms with Gasteiger partial charge < -0.3 is 10.3 Å². The van der Waals surface area contributed by atoms with E-state index in [9.17, 15) is 10.1 Å². The highest BCUT2D eigenvalue weighted by atomic mass is 16.6. The summed E-state index contributed by atoms with van der Waals surface area (Å²) in [7, 11) is 0. The number of aromatic amines is 1. The van der Waals surface area contributed by atoms with Crippen LogP contribution in [0.4, 0.5) is 11.4 Å². The molecule has 2 N–H and O–H groups in total. The third-order valence-electron chi connectivity index (χ3n) is 2.89. The highest BCUT2D eigenvalue weighted by molar-refractivity contribution is 5.65. The van der Waals surface area contributed by atoms with Gasteiger partial charge in [0, 0.05) is 31.4 Å². The highest BCUT2D eigenvalue weighted by Crippen LogP contribution is 2.27. The lowest BCUT2D eigenvalue weighted by molar-refractivity contribution is -0.384. The molecule has 0 atom stereocenters. The average Bonchev–Trinajstić information content (AvgIpc) is 2.88. The number of nitro groups is 1. The third-order valence-corrected chi connectivity index (χ3v) is 2.89. The van der Waals surface area contributed by atoms with Gasteiger partial charge in [0.15, 0.2) is 0 Å². The lowest BCUT2D eigenvalue weighted by Gasteiger charge is -2.09. The molecule has 6 nitrogen and oxygen atoms in total. The Labute approximate surface area is 111 Å². The van der Waals surface area contributed by atoms with Crippen molar-refractivity contribution in [2.24, 2.45) is 0 Å². The standard InChI is InChI=1S/C13H16N4O2/c1-10-4-2-5-11(17(18)19)13(10)16-7-3-6-12-14-8-9-15-12/h2,4-5,8-9,16H,3,6-7H2,1H3,(H,14,15). The molecule has 1 aromatic heterocycles. The second kappa shape index (κ2) is 5.99. The Kier molecular flexibility index (Phi) is 4.12. The summed E-state index contributed by atoms with van der Waals surface area (Å²) in [5, 5.41) is 14.1. The Morgan fingerprint density at radius 3 is 3.00 bits per heavy atom. The molecule has 0 aliphatic heterocycles.